The van der Waals surface area contributed by atoms with E-state index in [4.69, 9.17) is 29.6 Å². The predicted molar refractivity (Wildman–Crippen MR) is 94.3 cm³/mol. The number of benzene rings is 1. The van der Waals surface area contributed by atoms with Gasteiger partial charge in [-0.3, -0.25) is 4.98 Å². The van der Waals surface area contributed by atoms with Crippen LogP contribution in [0.3, 0.4) is 0 Å². The lowest BCUT2D eigenvalue weighted by atomic mass is 10.1. The summed E-state index contributed by atoms with van der Waals surface area (Å²) in [6.07, 6.45) is 1.72. The number of rotatable bonds is 4. The molecular formula is C15H12ClN3S2. The van der Waals surface area contributed by atoms with E-state index < -0.39 is 0 Å². The molecule has 0 bridgehead atoms. The van der Waals surface area contributed by atoms with Crippen molar-refractivity contribution in [3.8, 4) is 0 Å². The van der Waals surface area contributed by atoms with Gasteiger partial charge in [-0.1, -0.05) is 42.0 Å². The standard InChI is InChI=1S/C15H12ClN3S2/c16-13-6-5-9(21-13)7-19-14-10-3-1-2-4-12(10)18-8-11(14)15(17)20/h1-6,8H,7H2,(H2,17,20)(H,18,19). The summed E-state index contributed by atoms with van der Waals surface area (Å²) in [6.45, 7) is 0.668. The minimum Gasteiger partial charge on any atom is -0.389 e. The maximum atomic E-state index is 5.96. The third-order valence-corrected chi connectivity index (χ3v) is 4.56. The first kappa shape index (κ1) is 14.3. The number of nitrogens with two attached hydrogens (primary N) is 1. The third-order valence-electron chi connectivity index (χ3n) is 3.11. The Bertz CT molecular complexity index is 814. The van der Waals surface area contributed by atoms with Crippen LogP contribution in [0.4, 0.5) is 5.69 Å². The maximum absolute atomic E-state index is 5.96. The lowest BCUT2D eigenvalue weighted by molar-refractivity contribution is 1.19. The van der Waals surface area contributed by atoms with E-state index in [9.17, 15) is 0 Å². The van der Waals surface area contributed by atoms with Crippen LogP contribution in [0.25, 0.3) is 10.9 Å². The molecular weight excluding hydrogens is 322 g/mol. The Morgan fingerprint density at radius 2 is 2.10 bits per heavy atom. The maximum Gasteiger partial charge on any atom is 0.107 e. The van der Waals surface area contributed by atoms with Gasteiger partial charge in [0.1, 0.15) is 4.99 Å². The van der Waals surface area contributed by atoms with E-state index >= 15 is 0 Å². The number of nitrogens with zero attached hydrogens (tertiary/aromatic N) is 1. The smallest absolute Gasteiger partial charge is 0.107 e. The molecule has 0 radical (unpaired) electrons. The quantitative estimate of drug-likeness (QED) is 0.703. The van der Waals surface area contributed by atoms with Crippen molar-refractivity contribution in [3.05, 3.63) is 57.4 Å². The number of pyridine rings is 1. The molecule has 0 fully saturated rings. The summed E-state index contributed by atoms with van der Waals surface area (Å²) < 4.78 is 0.779. The average Bonchev–Trinajstić information content (AvgIpc) is 2.90. The van der Waals surface area contributed by atoms with Crippen LogP contribution in [0.2, 0.25) is 4.34 Å². The largest absolute Gasteiger partial charge is 0.389 e. The molecule has 106 valence electrons. The van der Waals surface area contributed by atoms with Crippen LogP contribution in [0, 0.1) is 0 Å². The lowest BCUT2D eigenvalue weighted by Gasteiger charge is -2.13. The van der Waals surface area contributed by atoms with Crippen molar-refractivity contribution < 1.29 is 0 Å². The first-order valence-electron chi connectivity index (χ1n) is 6.31. The molecule has 1 aromatic carbocycles. The zero-order valence-electron chi connectivity index (χ0n) is 11.0. The highest BCUT2D eigenvalue weighted by Crippen LogP contribution is 2.28. The molecule has 3 aromatic rings. The van der Waals surface area contributed by atoms with Crippen molar-refractivity contribution in [2.24, 2.45) is 5.73 Å². The highest BCUT2D eigenvalue weighted by molar-refractivity contribution is 7.80. The second kappa shape index (κ2) is 5.97. The highest BCUT2D eigenvalue weighted by atomic mass is 35.5. The first-order chi connectivity index (χ1) is 10.1. The summed E-state index contributed by atoms with van der Waals surface area (Å²) in [5.41, 5.74) is 8.39. The average molecular weight is 334 g/mol. The minimum atomic E-state index is 0.333. The zero-order valence-corrected chi connectivity index (χ0v) is 13.4. The van der Waals surface area contributed by atoms with E-state index in [1.807, 2.05) is 36.4 Å². The number of nitrogens with one attached hydrogen (secondary N) is 1. The predicted octanol–water partition coefficient (Wildman–Crippen LogP) is 4.20. The number of halogens is 1. The molecule has 6 heteroatoms. The number of hydrogen-bond donors (Lipinski definition) is 2. The molecule has 0 saturated carbocycles. The zero-order chi connectivity index (χ0) is 14.8. The van der Waals surface area contributed by atoms with Gasteiger partial charge in [0.2, 0.25) is 0 Å². The molecule has 2 aromatic heterocycles. The molecule has 0 saturated heterocycles. The number of anilines is 1. The van der Waals surface area contributed by atoms with Crippen molar-refractivity contribution in [1.82, 2.24) is 4.98 Å². The number of fused-ring (bicyclic) bond motifs is 1. The second-order valence-corrected chi connectivity index (χ2v) is 6.73. The molecule has 0 spiro atoms. The number of thiophene rings is 1. The van der Waals surface area contributed by atoms with E-state index in [2.05, 4.69) is 10.3 Å². The molecule has 0 aliphatic heterocycles. The van der Waals surface area contributed by atoms with Crippen LogP contribution in [0.5, 0.6) is 0 Å². The Balaban J connectivity index is 2.01. The molecule has 0 aliphatic carbocycles. The van der Waals surface area contributed by atoms with Gasteiger partial charge >= 0.3 is 0 Å². The summed E-state index contributed by atoms with van der Waals surface area (Å²) in [5.74, 6) is 0. The normalized spacial score (nSPS) is 10.7. The monoisotopic (exact) mass is 333 g/mol. The summed E-state index contributed by atoms with van der Waals surface area (Å²) in [4.78, 5) is 5.88. The van der Waals surface area contributed by atoms with Crippen LogP contribution in [-0.4, -0.2) is 9.97 Å². The van der Waals surface area contributed by atoms with Gasteiger partial charge in [-0.2, -0.15) is 0 Å². The first-order valence-corrected chi connectivity index (χ1v) is 7.91. The Morgan fingerprint density at radius 3 is 2.81 bits per heavy atom. The topological polar surface area (TPSA) is 50.9 Å². The van der Waals surface area contributed by atoms with Crippen LogP contribution in [-0.2, 0) is 6.54 Å². The van der Waals surface area contributed by atoms with Crippen molar-refractivity contribution in [2.45, 2.75) is 6.54 Å². The van der Waals surface area contributed by atoms with Crippen LogP contribution >= 0.6 is 35.2 Å². The summed E-state index contributed by atoms with van der Waals surface area (Å²) in [7, 11) is 0. The molecule has 2 heterocycles. The SMILES string of the molecule is NC(=S)c1cnc2ccccc2c1NCc1ccc(Cl)s1. The Hall–Kier alpha value is -1.69. The molecule has 3 N–H and O–H groups in total. The number of hydrogen-bond acceptors (Lipinski definition) is 4. The fraction of sp³-hybridized carbons (Fsp3) is 0.0667. The Morgan fingerprint density at radius 1 is 1.29 bits per heavy atom. The Kier molecular flexibility index (Phi) is 4.05. The van der Waals surface area contributed by atoms with E-state index in [0.717, 1.165) is 31.4 Å². The molecule has 0 unspecified atom stereocenters. The van der Waals surface area contributed by atoms with E-state index in [1.54, 1.807) is 17.5 Å². The van der Waals surface area contributed by atoms with E-state index in [-0.39, 0.29) is 0 Å². The van der Waals surface area contributed by atoms with Crippen LogP contribution in [0.15, 0.2) is 42.6 Å². The van der Waals surface area contributed by atoms with Gasteiger partial charge in [-0.25, -0.2) is 0 Å². The third kappa shape index (κ3) is 3.00. The van der Waals surface area contributed by atoms with Gasteiger partial charge in [-0.15, -0.1) is 11.3 Å². The summed E-state index contributed by atoms with van der Waals surface area (Å²) in [6, 6.07) is 11.8. The van der Waals surface area contributed by atoms with Gasteiger partial charge in [0.25, 0.3) is 0 Å². The Labute approximate surface area is 136 Å². The molecule has 0 atom stereocenters. The fourth-order valence-electron chi connectivity index (χ4n) is 2.14. The molecule has 0 amide bonds. The fourth-order valence-corrected chi connectivity index (χ4v) is 3.32. The van der Waals surface area contributed by atoms with Crippen LogP contribution < -0.4 is 11.1 Å². The van der Waals surface area contributed by atoms with Crippen molar-refractivity contribution in [2.75, 3.05) is 5.32 Å². The summed E-state index contributed by atoms with van der Waals surface area (Å²) >= 11 is 12.6. The lowest BCUT2D eigenvalue weighted by Crippen LogP contribution is -2.14. The van der Waals surface area contributed by atoms with Crippen molar-refractivity contribution in [3.63, 3.8) is 0 Å². The number of thiocarbonyl (C=S) groups is 1. The van der Waals surface area contributed by atoms with Gasteiger partial charge in [-0.05, 0) is 18.2 Å². The van der Waals surface area contributed by atoms with Gasteiger partial charge in [0.05, 0.1) is 21.1 Å². The highest BCUT2D eigenvalue weighted by Gasteiger charge is 2.11. The molecule has 3 rings (SSSR count). The molecule has 21 heavy (non-hydrogen) atoms. The van der Waals surface area contributed by atoms with Gasteiger partial charge < -0.3 is 11.1 Å². The minimum absolute atomic E-state index is 0.333. The van der Waals surface area contributed by atoms with Crippen molar-refractivity contribution in [1.29, 1.82) is 0 Å². The number of para-hydroxylation sites is 1. The summed E-state index contributed by atoms with van der Waals surface area (Å²) in [5, 5.41) is 4.42. The second-order valence-electron chi connectivity index (χ2n) is 4.49. The van der Waals surface area contributed by atoms with E-state index in [0.29, 0.717) is 11.5 Å². The van der Waals surface area contributed by atoms with E-state index in [1.165, 1.54) is 0 Å². The molecule has 0 aliphatic rings. The number of aromatic nitrogens is 1. The van der Waals surface area contributed by atoms with Gasteiger partial charge in [0.15, 0.2) is 0 Å². The van der Waals surface area contributed by atoms with Gasteiger partial charge in [0, 0.05) is 23.0 Å². The molecule has 3 nitrogen and oxygen atoms in total. The van der Waals surface area contributed by atoms with Crippen molar-refractivity contribution >= 4 is 56.7 Å². The van der Waals surface area contributed by atoms with Crippen LogP contribution in [0.1, 0.15) is 10.4 Å².